The standard InChI is InChI=1S/C13H12F2O10S/c1-2-4(16)23-9-7-5(6-8(24-7)10(9)25-12(6)18)11(17)22-3-13(14,15)26(19,20)21/h2,5-10H,1,3H2,(H,19,20,21)/p-1. The maximum Gasteiger partial charge on any atom is 0.367 e. The van der Waals surface area contributed by atoms with E-state index in [9.17, 15) is 36.1 Å². The van der Waals surface area contributed by atoms with Gasteiger partial charge in [0.05, 0.1) is 0 Å². The first kappa shape index (κ1) is 18.7. The van der Waals surface area contributed by atoms with Crippen LogP contribution in [0, 0.1) is 11.8 Å². The molecule has 144 valence electrons. The molecule has 6 atom stereocenters. The Kier molecular flexibility index (Phi) is 4.28. The zero-order valence-corrected chi connectivity index (χ0v) is 13.5. The van der Waals surface area contributed by atoms with E-state index in [1.54, 1.807) is 0 Å². The minimum absolute atomic E-state index is 0.827. The lowest BCUT2D eigenvalue weighted by Gasteiger charge is -2.27. The molecule has 3 rings (SSSR count). The van der Waals surface area contributed by atoms with Gasteiger partial charge in [-0.25, -0.2) is 13.2 Å². The maximum atomic E-state index is 13.1. The molecule has 10 nitrogen and oxygen atoms in total. The maximum absolute atomic E-state index is 13.1. The van der Waals surface area contributed by atoms with Crippen LogP contribution in [-0.4, -0.2) is 67.2 Å². The first-order valence-electron chi connectivity index (χ1n) is 7.17. The SMILES string of the molecule is C=CC(=O)OC1C2OC(=O)C3C2OC1C3C(=O)OCC(F)(F)S(=O)(=O)[O-]. The highest BCUT2D eigenvalue weighted by Gasteiger charge is 2.72. The minimum atomic E-state index is -6.05. The van der Waals surface area contributed by atoms with Crippen molar-refractivity contribution >= 4 is 28.0 Å². The summed E-state index contributed by atoms with van der Waals surface area (Å²) in [7, 11) is -6.05. The molecule has 26 heavy (non-hydrogen) atoms. The molecule has 3 fully saturated rings. The number of carbonyl (C=O) groups excluding carboxylic acids is 3. The topological polar surface area (TPSA) is 145 Å². The molecular formula is C13H11F2O10S-. The minimum Gasteiger partial charge on any atom is -0.743 e. The Labute approximate surface area is 144 Å². The van der Waals surface area contributed by atoms with Crippen molar-refractivity contribution in [1.29, 1.82) is 0 Å². The fourth-order valence-corrected chi connectivity index (χ4v) is 3.45. The predicted molar refractivity (Wildman–Crippen MR) is 71.2 cm³/mol. The average Bonchev–Trinajstić information content (AvgIpc) is 3.14. The number of alkyl halides is 2. The Balaban J connectivity index is 1.77. The van der Waals surface area contributed by atoms with Crippen molar-refractivity contribution in [3.05, 3.63) is 12.7 Å². The van der Waals surface area contributed by atoms with Gasteiger partial charge in [0.1, 0.15) is 24.0 Å². The molecule has 0 aromatic carbocycles. The van der Waals surface area contributed by atoms with Crippen LogP contribution in [0.3, 0.4) is 0 Å². The van der Waals surface area contributed by atoms with E-state index in [0.717, 1.165) is 6.08 Å². The molecule has 0 saturated carbocycles. The second kappa shape index (κ2) is 5.96. The summed E-state index contributed by atoms with van der Waals surface area (Å²) in [6.45, 7) is 1.17. The molecule has 0 amide bonds. The fraction of sp³-hybridized carbons (Fsp3) is 0.615. The number of hydrogen-bond donors (Lipinski definition) is 0. The van der Waals surface area contributed by atoms with Gasteiger partial charge in [0.25, 0.3) is 0 Å². The quantitative estimate of drug-likeness (QED) is 0.229. The van der Waals surface area contributed by atoms with Gasteiger partial charge in [-0.1, -0.05) is 6.58 Å². The second-order valence-electron chi connectivity index (χ2n) is 5.82. The molecule has 6 unspecified atom stereocenters. The number of esters is 3. The molecule has 13 heteroatoms. The fourth-order valence-electron chi connectivity index (χ4n) is 3.25. The summed E-state index contributed by atoms with van der Waals surface area (Å²) in [6, 6.07) is 0. The van der Waals surface area contributed by atoms with Gasteiger partial charge < -0.3 is 23.5 Å². The van der Waals surface area contributed by atoms with Crippen molar-refractivity contribution < 1.29 is 55.1 Å². The number of fused-ring (bicyclic) bond motifs is 1. The molecule has 0 aromatic rings. The zero-order chi connectivity index (χ0) is 19.4. The van der Waals surface area contributed by atoms with Gasteiger partial charge in [-0.3, -0.25) is 9.59 Å². The van der Waals surface area contributed by atoms with Gasteiger partial charge in [0, 0.05) is 6.08 Å². The Bertz CT molecular complexity index is 778. The van der Waals surface area contributed by atoms with Gasteiger partial charge >= 0.3 is 23.2 Å². The summed E-state index contributed by atoms with van der Waals surface area (Å²) in [5.74, 6) is -5.79. The summed E-state index contributed by atoms with van der Waals surface area (Å²) in [5, 5.41) is -4.84. The third-order valence-electron chi connectivity index (χ3n) is 4.34. The molecule has 0 N–H and O–H groups in total. The van der Waals surface area contributed by atoms with Crippen molar-refractivity contribution in [2.24, 2.45) is 11.8 Å². The van der Waals surface area contributed by atoms with Crippen molar-refractivity contribution in [3.8, 4) is 0 Å². The lowest BCUT2D eigenvalue weighted by atomic mass is 9.78. The van der Waals surface area contributed by atoms with Crippen LogP contribution in [0.1, 0.15) is 0 Å². The van der Waals surface area contributed by atoms with Crippen LogP contribution < -0.4 is 0 Å². The third kappa shape index (κ3) is 2.75. The first-order valence-corrected chi connectivity index (χ1v) is 8.57. The van der Waals surface area contributed by atoms with E-state index in [2.05, 4.69) is 11.3 Å². The Morgan fingerprint density at radius 3 is 2.54 bits per heavy atom. The summed E-state index contributed by atoms with van der Waals surface area (Å²) in [5.41, 5.74) is 0. The van der Waals surface area contributed by atoms with Gasteiger partial charge in [-0.15, -0.1) is 0 Å². The highest BCUT2D eigenvalue weighted by molar-refractivity contribution is 7.86. The van der Waals surface area contributed by atoms with E-state index >= 15 is 0 Å². The van der Waals surface area contributed by atoms with E-state index in [4.69, 9.17) is 14.2 Å². The smallest absolute Gasteiger partial charge is 0.367 e. The number of halogens is 2. The van der Waals surface area contributed by atoms with Gasteiger partial charge in [0.15, 0.2) is 28.9 Å². The Morgan fingerprint density at radius 1 is 1.31 bits per heavy atom. The summed E-state index contributed by atoms with van der Waals surface area (Å²) in [6.07, 6.45) is -3.48. The summed E-state index contributed by atoms with van der Waals surface area (Å²) in [4.78, 5) is 35.4. The lowest BCUT2D eigenvalue weighted by Crippen LogP contribution is -2.48. The van der Waals surface area contributed by atoms with Crippen LogP contribution >= 0.6 is 0 Å². The third-order valence-corrected chi connectivity index (χ3v) is 5.19. The summed E-state index contributed by atoms with van der Waals surface area (Å²) < 4.78 is 77.2. The van der Waals surface area contributed by atoms with E-state index < -0.39 is 76.1 Å². The average molecular weight is 397 g/mol. The van der Waals surface area contributed by atoms with Crippen LogP contribution in [0.25, 0.3) is 0 Å². The van der Waals surface area contributed by atoms with Crippen LogP contribution in [-0.2, 0) is 43.4 Å². The van der Waals surface area contributed by atoms with Crippen LogP contribution in [0.4, 0.5) is 8.78 Å². The van der Waals surface area contributed by atoms with Crippen molar-refractivity contribution in [1.82, 2.24) is 0 Å². The van der Waals surface area contributed by atoms with E-state index in [-0.39, 0.29) is 0 Å². The monoisotopic (exact) mass is 397 g/mol. The van der Waals surface area contributed by atoms with Crippen molar-refractivity contribution in [2.45, 2.75) is 29.7 Å². The lowest BCUT2D eigenvalue weighted by molar-refractivity contribution is -0.163. The van der Waals surface area contributed by atoms with Crippen LogP contribution in [0.5, 0.6) is 0 Å². The largest absolute Gasteiger partial charge is 0.743 e. The number of carbonyl (C=O) groups is 3. The molecular weight excluding hydrogens is 386 g/mol. The summed E-state index contributed by atoms with van der Waals surface area (Å²) >= 11 is 0. The Hall–Kier alpha value is -2.12. The molecule has 0 aliphatic carbocycles. The molecule has 3 aliphatic rings. The molecule has 0 spiro atoms. The Morgan fingerprint density at radius 2 is 1.96 bits per heavy atom. The highest BCUT2D eigenvalue weighted by Crippen LogP contribution is 2.51. The zero-order valence-electron chi connectivity index (χ0n) is 12.7. The highest BCUT2D eigenvalue weighted by atomic mass is 32.2. The molecule has 0 aromatic heterocycles. The number of rotatable bonds is 6. The van der Waals surface area contributed by atoms with E-state index in [0.29, 0.717) is 0 Å². The number of hydrogen-bond acceptors (Lipinski definition) is 10. The normalized spacial score (nSPS) is 35.1. The van der Waals surface area contributed by atoms with Crippen LogP contribution in [0.15, 0.2) is 12.7 Å². The van der Waals surface area contributed by atoms with E-state index in [1.807, 2.05) is 0 Å². The van der Waals surface area contributed by atoms with Crippen molar-refractivity contribution in [3.63, 3.8) is 0 Å². The molecule has 3 saturated heterocycles. The molecule has 3 heterocycles. The van der Waals surface area contributed by atoms with Gasteiger partial charge in [0.2, 0.25) is 0 Å². The van der Waals surface area contributed by atoms with Crippen LogP contribution in [0.2, 0.25) is 0 Å². The van der Waals surface area contributed by atoms with Gasteiger partial charge in [-0.05, 0) is 0 Å². The predicted octanol–water partition coefficient (Wildman–Crippen LogP) is -1.30. The van der Waals surface area contributed by atoms with Gasteiger partial charge in [-0.2, -0.15) is 8.78 Å². The second-order valence-corrected chi connectivity index (χ2v) is 7.33. The molecule has 0 radical (unpaired) electrons. The molecule has 3 aliphatic heterocycles. The first-order chi connectivity index (χ1) is 12.0. The van der Waals surface area contributed by atoms with Crippen molar-refractivity contribution in [2.75, 3.05) is 6.61 Å². The molecule has 2 bridgehead atoms. The number of ether oxygens (including phenoxy) is 4. The van der Waals surface area contributed by atoms with E-state index in [1.165, 1.54) is 0 Å².